The Bertz CT molecular complexity index is 1100. The fourth-order valence-electron chi connectivity index (χ4n) is 3.55. The first kappa shape index (κ1) is 17.0. The quantitative estimate of drug-likeness (QED) is 0.415. The Labute approximate surface area is 166 Å². The molecule has 3 aromatic carbocycles. The summed E-state index contributed by atoms with van der Waals surface area (Å²) < 4.78 is 13.3. The Kier molecular flexibility index (Phi) is 4.10. The van der Waals surface area contributed by atoms with Crippen LogP contribution in [0.2, 0.25) is 0 Å². The predicted molar refractivity (Wildman–Crippen MR) is 115 cm³/mol. The number of hydrogen-bond donors (Lipinski definition) is 0. The zero-order valence-corrected chi connectivity index (χ0v) is 15.8. The van der Waals surface area contributed by atoms with E-state index in [1.165, 1.54) is 35.0 Å². The van der Waals surface area contributed by atoms with Crippen LogP contribution in [0.25, 0.3) is 11.1 Å². The number of thioether (sulfide) groups is 1. The summed E-state index contributed by atoms with van der Waals surface area (Å²) in [5.74, 6) is -0.257. The van der Waals surface area contributed by atoms with Crippen LogP contribution in [0.1, 0.15) is 11.1 Å². The van der Waals surface area contributed by atoms with Crippen molar-refractivity contribution in [2.45, 2.75) is 0 Å². The number of amidine groups is 1. The summed E-state index contributed by atoms with van der Waals surface area (Å²) in [5, 5.41) is 9.96. The van der Waals surface area contributed by atoms with Crippen LogP contribution in [0, 0.1) is 5.82 Å². The molecular weight excluding hydrogens is 369 g/mol. The lowest BCUT2D eigenvalue weighted by Crippen LogP contribution is -2.23. The molecule has 0 N–H and O–H groups in total. The van der Waals surface area contributed by atoms with E-state index in [4.69, 9.17) is 0 Å². The van der Waals surface area contributed by atoms with Crippen molar-refractivity contribution in [3.05, 3.63) is 101 Å². The molecule has 0 spiro atoms. The Morgan fingerprint density at radius 2 is 1.36 bits per heavy atom. The first-order valence-electron chi connectivity index (χ1n) is 8.94. The number of fused-ring (bicyclic) bond motifs is 3. The van der Waals surface area contributed by atoms with Crippen molar-refractivity contribution in [3.8, 4) is 11.1 Å². The van der Waals surface area contributed by atoms with Crippen LogP contribution >= 0.6 is 11.8 Å². The van der Waals surface area contributed by atoms with Gasteiger partial charge in [0.1, 0.15) is 11.5 Å². The highest BCUT2D eigenvalue weighted by Gasteiger charge is 2.26. The third kappa shape index (κ3) is 2.84. The smallest absolute Gasteiger partial charge is 0.195 e. The number of nitrogens with zero attached hydrogens (tertiary/aromatic N) is 3. The maximum atomic E-state index is 13.3. The van der Waals surface area contributed by atoms with Gasteiger partial charge >= 0.3 is 0 Å². The highest BCUT2D eigenvalue weighted by Crippen LogP contribution is 2.37. The maximum absolute atomic E-state index is 13.3. The van der Waals surface area contributed by atoms with Crippen molar-refractivity contribution in [2.24, 2.45) is 10.2 Å². The summed E-state index contributed by atoms with van der Waals surface area (Å²) in [6.45, 7) is 4.70. The lowest BCUT2D eigenvalue weighted by molar-refractivity contribution is 0.628. The minimum atomic E-state index is -0.257. The van der Waals surface area contributed by atoms with Gasteiger partial charge in [0.25, 0.3) is 0 Å². The van der Waals surface area contributed by atoms with E-state index in [9.17, 15) is 4.39 Å². The lowest BCUT2D eigenvalue weighted by atomic mass is 10.1. The number of anilines is 1. The van der Waals surface area contributed by atoms with Crippen molar-refractivity contribution in [1.29, 1.82) is 0 Å². The van der Waals surface area contributed by atoms with Crippen molar-refractivity contribution in [1.82, 2.24) is 0 Å². The molecule has 0 amide bonds. The molecule has 5 heteroatoms. The zero-order chi connectivity index (χ0) is 19.1. The second-order valence-corrected chi connectivity index (χ2v) is 7.77. The highest BCUT2D eigenvalue weighted by atomic mass is 32.2. The Morgan fingerprint density at radius 1 is 0.786 bits per heavy atom. The van der Waals surface area contributed by atoms with Crippen LogP contribution in [0.3, 0.4) is 0 Å². The van der Waals surface area contributed by atoms with Gasteiger partial charge in [0, 0.05) is 21.7 Å². The molecule has 1 heterocycles. The SMILES string of the molecule is C=C1CN(c2ccc(F)cc2)/C(=N/N=C2c3ccccc3-c3ccccc32)S1. The molecule has 0 unspecified atom stereocenters. The Balaban J connectivity index is 1.58. The fourth-order valence-corrected chi connectivity index (χ4v) is 4.37. The summed E-state index contributed by atoms with van der Waals surface area (Å²) in [5.41, 5.74) is 6.27. The van der Waals surface area contributed by atoms with Crippen LogP contribution in [0.5, 0.6) is 0 Å². The molecule has 0 saturated carbocycles. The predicted octanol–water partition coefficient (Wildman–Crippen LogP) is 5.68. The Hall–Kier alpha value is -3.18. The largest absolute Gasteiger partial charge is 0.314 e. The number of benzene rings is 3. The van der Waals surface area contributed by atoms with E-state index in [-0.39, 0.29) is 5.82 Å². The van der Waals surface area contributed by atoms with Crippen LogP contribution in [-0.2, 0) is 0 Å². The monoisotopic (exact) mass is 385 g/mol. The molecule has 136 valence electrons. The Morgan fingerprint density at radius 3 is 1.96 bits per heavy atom. The second kappa shape index (κ2) is 6.77. The van der Waals surface area contributed by atoms with Gasteiger partial charge in [0.05, 0.1) is 6.54 Å². The van der Waals surface area contributed by atoms with Gasteiger partial charge in [-0.2, -0.15) is 0 Å². The third-order valence-corrected chi connectivity index (χ3v) is 5.73. The van der Waals surface area contributed by atoms with Crippen molar-refractivity contribution >= 4 is 28.3 Å². The second-order valence-electron chi connectivity index (χ2n) is 6.63. The number of hydrogen-bond acceptors (Lipinski definition) is 3. The fraction of sp³-hybridized carbons (Fsp3) is 0.0435. The van der Waals surface area contributed by atoms with Crippen LogP contribution in [0.15, 0.2) is 94.5 Å². The third-order valence-electron chi connectivity index (χ3n) is 4.83. The normalized spacial score (nSPS) is 16.5. The molecule has 1 fully saturated rings. The summed E-state index contributed by atoms with van der Waals surface area (Å²) in [6, 6.07) is 22.9. The van der Waals surface area contributed by atoms with E-state index in [1.807, 2.05) is 29.2 Å². The molecule has 1 aliphatic carbocycles. The van der Waals surface area contributed by atoms with Gasteiger partial charge in [0.2, 0.25) is 0 Å². The zero-order valence-electron chi connectivity index (χ0n) is 15.0. The van der Waals surface area contributed by atoms with Crippen LogP contribution in [-0.4, -0.2) is 17.4 Å². The molecule has 0 radical (unpaired) electrons. The highest BCUT2D eigenvalue weighted by molar-refractivity contribution is 8.18. The van der Waals surface area contributed by atoms with Crippen LogP contribution in [0.4, 0.5) is 10.1 Å². The molecule has 2 aliphatic rings. The van der Waals surface area contributed by atoms with Gasteiger partial charge in [-0.3, -0.25) is 0 Å². The van der Waals surface area contributed by atoms with Gasteiger partial charge < -0.3 is 4.90 Å². The minimum absolute atomic E-state index is 0.257. The summed E-state index contributed by atoms with van der Waals surface area (Å²) >= 11 is 1.50. The number of halogens is 1. The van der Waals surface area contributed by atoms with Gasteiger partial charge in [-0.05, 0) is 35.4 Å². The van der Waals surface area contributed by atoms with Gasteiger partial charge in [-0.15, -0.1) is 10.2 Å². The molecule has 1 aliphatic heterocycles. The van der Waals surface area contributed by atoms with E-state index in [0.29, 0.717) is 6.54 Å². The average Bonchev–Trinajstić information content (AvgIpc) is 3.25. The van der Waals surface area contributed by atoms with Crippen molar-refractivity contribution in [3.63, 3.8) is 0 Å². The van der Waals surface area contributed by atoms with Gasteiger partial charge in [0.15, 0.2) is 5.17 Å². The van der Waals surface area contributed by atoms with Crippen molar-refractivity contribution < 1.29 is 4.39 Å². The van der Waals surface area contributed by atoms with Crippen molar-refractivity contribution in [2.75, 3.05) is 11.4 Å². The average molecular weight is 385 g/mol. The minimum Gasteiger partial charge on any atom is -0.314 e. The summed E-state index contributed by atoms with van der Waals surface area (Å²) in [7, 11) is 0. The van der Waals surface area contributed by atoms with Gasteiger partial charge in [-0.25, -0.2) is 4.39 Å². The van der Waals surface area contributed by atoms with Gasteiger partial charge in [-0.1, -0.05) is 66.9 Å². The van der Waals surface area contributed by atoms with E-state index in [0.717, 1.165) is 32.6 Å². The summed E-state index contributed by atoms with van der Waals surface area (Å²) in [4.78, 5) is 2.99. The molecule has 28 heavy (non-hydrogen) atoms. The molecule has 0 bridgehead atoms. The first-order valence-corrected chi connectivity index (χ1v) is 9.76. The molecule has 5 rings (SSSR count). The number of rotatable bonds is 2. The topological polar surface area (TPSA) is 28.0 Å². The van der Waals surface area contributed by atoms with Crippen LogP contribution < -0.4 is 4.90 Å². The standard InChI is InChI=1S/C23H16FN3S/c1-15-14-27(17-12-10-16(24)11-13-17)23(28-15)26-25-22-20-8-4-2-6-18(20)19-7-3-5-9-21(19)22/h2-13H,1,14H2/b26-23-. The lowest BCUT2D eigenvalue weighted by Gasteiger charge is -2.16. The summed E-state index contributed by atoms with van der Waals surface area (Å²) in [6.07, 6.45) is 0. The molecule has 3 aromatic rings. The molecule has 0 atom stereocenters. The first-order chi connectivity index (χ1) is 13.7. The molecule has 0 aromatic heterocycles. The molecule has 3 nitrogen and oxygen atoms in total. The van der Waals surface area contributed by atoms with E-state index in [2.05, 4.69) is 41.0 Å². The van der Waals surface area contributed by atoms with E-state index in [1.54, 1.807) is 12.1 Å². The molecular formula is C23H16FN3S. The van der Waals surface area contributed by atoms with E-state index < -0.39 is 0 Å². The van der Waals surface area contributed by atoms with E-state index >= 15 is 0 Å². The molecule has 1 saturated heterocycles. The maximum Gasteiger partial charge on any atom is 0.195 e.